The molecule has 0 unspecified atom stereocenters. The first-order valence-corrected chi connectivity index (χ1v) is 5.98. The number of carbonyl (C=O) groups is 1. The van der Waals surface area contributed by atoms with Crippen LogP contribution in [0, 0.1) is 6.92 Å². The number of hydrogen-bond acceptors (Lipinski definition) is 1. The van der Waals surface area contributed by atoms with Gasteiger partial charge in [0.2, 0.25) is 0 Å². The van der Waals surface area contributed by atoms with Crippen molar-refractivity contribution in [2.75, 3.05) is 0 Å². The summed E-state index contributed by atoms with van der Waals surface area (Å²) in [5.74, 6) is 0.287. The predicted octanol–water partition coefficient (Wildman–Crippen LogP) is 3.79. The Morgan fingerprint density at radius 1 is 0.824 bits per heavy atom. The Labute approximate surface area is 101 Å². The minimum absolute atomic E-state index is 0.287. The van der Waals surface area contributed by atoms with Gasteiger partial charge in [-0.2, -0.15) is 0 Å². The maximum atomic E-state index is 11.7. The van der Waals surface area contributed by atoms with E-state index in [1.54, 1.807) is 0 Å². The van der Waals surface area contributed by atoms with Crippen molar-refractivity contribution < 1.29 is 4.79 Å². The quantitative estimate of drug-likeness (QED) is 0.717. The zero-order valence-corrected chi connectivity index (χ0v) is 9.86. The number of fused-ring (bicyclic) bond motifs is 1. The molecule has 0 atom stereocenters. The zero-order valence-electron chi connectivity index (χ0n) is 9.86. The fourth-order valence-corrected chi connectivity index (χ4v) is 2.62. The van der Waals surface area contributed by atoms with E-state index in [1.165, 1.54) is 22.3 Å². The highest BCUT2D eigenvalue weighted by molar-refractivity contribution is 6.02. The average Bonchev–Trinajstić information content (AvgIpc) is 2.72. The lowest BCUT2D eigenvalue weighted by Gasteiger charge is -2.10. The number of hydrogen-bond donors (Lipinski definition) is 0. The summed E-state index contributed by atoms with van der Waals surface area (Å²) in [5.41, 5.74) is 5.89. The van der Waals surface area contributed by atoms with Gasteiger partial charge in [-0.25, -0.2) is 0 Å². The topological polar surface area (TPSA) is 17.1 Å². The summed E-state index contributed by atoms with van der Waals surface area (Å²) < 4.78 is 0. The van der Waals surface area contributed by atoms with Crippen LogP contribution in [0.5, 0.6) is 0 Å². The molecule has 0 aromatic heterocycles. The average molecular weight is 222 g/mol. The van der Waals surface area contributed by atoms with Gasteiger partial charge in [-0.3, -0.25) is 4.79 Å². The highest BCUT2D eigenvalue weighted by Crippen LogP contribution is 2.33. The van der Waals surface area contributed by atoms with Crippen molar-refractivity contribution in [2.45, 2.75) is 19.8 Å². The molecule has 1 aliphatic carbocycles. The van der Waals surface area contributed by atoms with Gasteiger partial charge in [-0.15, -0.1) is 0 Å². The maximum absolute atomic E-state index is 11.7. The molecule has 0 amide bonds. The van der Waals surface area contributed by atoms with E-state index >= 15 is 0 Å². The number of ketones is 1. The van der Waals surface area contributed by atoms with E-state index in [2.05, 4.69) is 31.2 Å². The van der Waals surface area contributed by atoms with E-state index in [0.717, 1.165) is 12.0 Å². The second kappa shape index (κ2) is 3.85. The normalized spacial score (nSPS) is 13.8. The van der Waals surface area contributed by atoms with Crippen LogP contribution in [0.3, 0.4) is 0 Å². The standard InChI is InChI=1S/C16H14O/c1-11-5-2-3-6-12(11)13-7-4-8-15-14(13)9-10-16(15)17/h2-8H,9-10H2,1H3. The first-order chi connectivity index (χ1) is 8.27. The van der Waals surface area contributed by atoms with Gasteiger partial charge in [0, 0.05) is 12.0 Å². The summed E-state index contributed by atoms with van der Waals surface area (Å²) in [4.78, 5) is 11.7. The van der Waals surface area contributed by atoms with Gasteiger partial charge in [0.15, 0.2) is 5.78 Å². The smallest absolute Gasteiger partial charge is 0.163 e. The summed E-state index contributed by atoms with van der Waals surface area (Å²) in [5, 5.41) is 0. The lowest BCUT2D eigenvalue weighted by molar-refractivity contribution is 0.0994. The highest BCUT2D eigenvalue weighted by Gasteiger charge is 2.22. The SMILES string of the molecule is Cc1ccccc1-c1cccc2c1CCC2=O. The molecule has 0 aliphatic heterocycles. The monoisotopic (exact) mass is 222 g/mol. The Morgan fingerprint density at radius 2 is 1.53 bits per heavy atom. The van der Waals surface area contributed by atoms with Crippen molar-refractivity contribution in [1.29, 1.82) is 0 Å². The summed E-state index contributed by atoms with van der Waals surface area (Å²) in [6, 6.07) is 14.4. The van der Waals surface area contributed by atoms with Gasteiger partial charge in [-0.05, 0) is 35.6 Å². The van der Waals surface area contributed by atoms with E-state index in [4.69, 9.17) is 0 Å². The minimum Gasteiger partial charge on any atom is -0.294 e. The number of rotatable bonds is 1. The molecule has 3 rings (SSSR count). The summed E-state index contributed by atoms with van der Waals surface area (Å²) in [7, 11) is 0. The molecule has 0 N–H and O–H groups in total. The van der Waals surface area contributed by atoms with Crippen molar-refractivity contribution in [3.63, 3.8) is 0 Å². The second-order valence-corrected chi connectivity index (χ2v) is 4.57. The van der Waals surface area contributed by atoms with Crippen LogP contribution in [0.15, 0.2) is 42.5 Å². The van der Waals surface area contributed by atoms with Crippen molar-refractivity contribution in [2.24, 2.45) is 0 Å². The van der Waals surface area contributed by atoms with E-state index < -0.39 is 0 Å². The molecule has 0 fully saturated rings. The molecule has 1 heteroatoms. The van der Waals surface area contributed by atoms with Crippen LogP contribution < -0.4 is 0 Å². The van der Waals surface area contributed by atoms with Crippen molar-refractivity contribution in [3.05, 3.63) is 59.2 Å². The molecule has 0 saturated carbocycles. The van der Waals surface area contributed by atoms with Crippen molar-refractivity contribution >= 4 is 5.78 Å². The third kappa shape index (κ3) is 1.59. The number of benzene rings is 2. The molecule has 2 aromatic carbocycles. The molecular formula is C16H14O. The van der Waals surface area contributed by atoms with Crippen LogP contribution in [-0.2, 0) is 6.42 Å². The molecule has 84 valence electrons. The third-order valence-electron chi connectivity index (χ3n) is 3.51. The van der Waals surface area contributed by atoms with Crippen LogP contribution in [0.4, 0.5) is 0 Å². The molecule has 0 heterocycles. The highest BCUT2D eigenvalue weighted by atomic mass is 16.1. The third-order valence-corrected chi connectivity index (χ3v) is 3.51. The molecule has 1 nitrogen and oxygen atoms in total. The largest absolute Gasteiger partial charge is 0.294 e. The molecule has 2 aromatic rings. The van der Waals surface area contributed by atoms with E-state index in [1.807, 2.05) is 18.2 Å². The Bertz CT molecular complexity index is 596. The van der Waals surface area contributed by atoms with Crippen LogP contribution in [0.2, 0.25) is 0 Å². The van der Waals surface area contributed by atoms with Crippen molar-refractivity contribution in [1.82, 2.24) is 0 Å². The molecule has 0 saturated heterocycles. The Hall–Kier alpha value is -1.89. The number of Topliss-reactive ketones (excluding diaryl/α,β-unsaturated/α-hetero) is 1. The summed E-state index contributed by atoms with van der Waals surface area (Å²) in [6.45, 7) is 2.12. The first kappa shape index (κ1) is 10.3. The Morgan fingerprint density at radius 3 is 2.35 bits per heavy atom. The fourth-order valence-electron chi connectivity index (χ4n) is 2.62. The van der Waals surface area contributed by atoms with Crippen LogP contribution in [0.1, 0.15) is 27.9 Å². The van der Waals surface area contributed by atoms with Gasteiger partial charge in [0.1, 0.15) is 0 Å². The Balaban J connectivity index is 2.24. The van der Waals surface area contributed by atoms with Crippen molar-refractivity contribution in [3.8, 4) is 11.1 Å². The molecular weight excluding hydrogens is 208 g/mol. The Kier molecular flexibility index (Phi) is 2.32. The first-order valence-electron chi connectivity index (χ1n) is 5.98. The van der Waals surface area contributed by atoms with Gasteiger partial charge in [0.25, 0.3) is 0 Å². The number of aryl methyl sites for hydroxylation is 1. The zero-order chi connectivity index (χ0) is 11.8. The predicted molar refractivity (Wildman–Crippen MR) is 69.3 cm³/mol. The van der Waals surface area contributed by atoms with E-state index in [9.17, 15) is 4.79 Å². The summed E-state index contributed by atoms with van der Waals surface area (Å²) >= 11 is 0. The van der Waals surface area contributed by atoms with Gasteiger partial charge >= 0.3 is 0 Å². The molecule has 0 spiro atoms. The fraction of sp³-hybridized carbons (Fsp3) is 0.188. The van der Waals surface area contributed by atoms with E-state index in [-0.39, 0.29) is 5.78 Å². The van der Waals surface area contributed by atoms with Gasteiger partial charge < -0.3 is 0 Å². The minimum atomic E-state index is 0.287. The molecule has 0 radical (unpaired) electrons. The molecule has 17 heavy (non-hydrogen) atoms. The maximum Gasteiger partial charge on any atom is 0.163 e. The van der Waals surface area contributed by atoms with Crippen LogP contribution >= 0.6 is 0 Å². The molecule has 0 bridgehead atoms. The molecule has 1 aliphatic rings. The lowest BCUT2D eigenvalue weighted by atomic mass is 9.94. The van der Waals surface area contributed by atoms with Gasteiger partial charge in [-0.1, -0.05) is 42.5 Å². The second-order valence-electron chi connectivity index (χ2n) is 4.57. The van der Waals surface area contributed by atoms with Crippen LogP contribution in [-0.4, -0.2) is 5.78 Å². The lowest BCUT2D eigenvalue weighted by Crippen LogP contribution is -1.93. The van der Waals surface area contributed by atoms with E-state index in [0.29, 0.717) is 6.42 Å². The summed E-state index contributed by atoms with van der Waals surface area (Å²) in [6.07, 6.45) is 1.55. The van der Waals surface area contributed by atoms with Crippen LogP contribution in [0.25, 0.3) is 11.1 Å². The van der Waals surface area contributed by atoms with Gasteiger partial charge in [0.05, 0.1) is 0 Å². The number of carbonyl (C=O) groups excluding carboxylic acids is 1.